The number of nitrogens with zero attached hydrogens (tertiary/aromatic N) is 2. The first-order valence-electron chi connectivity index (χ1n) is 11.9. The molecule has 216 valence electrons. The zero-order valence-electron chi connectivity index (χ0n) is 21.1. The molecule has 1 N–H and O–H groups in total. The molecule has 0 aromatic heterocycles. The minimum atomic E-state index is -4.87. The number of carbonyl (C=O) groups excluding carboxylic acids is 1. The molecule has 40 heavy (non-hydrogen) atoms. The Bertz CT molecular complexity index is 1460. The fraction of sp³-hybridized carbons (Fsp3) is 0.440. The first-order chi connectivity index (χ1) is 18.4. The van der Waals surface area contributed by atoms with Crippen LogP contribution in [0.2, 0.25) is 0 Å². The lowest BCUT2D eigenvalue weighted by Crippen LogP contribution is -2.45. The van der Waals surface area contributed by atoms with Gasteiger partial charge in [-0.1, -0.05) is 6.07 Å². The minimum Gasteiger partial charge on any atom is -0.486 e. The average Bonchev–Trinajstić information content (AvgIpc) is 3.62. The molecule has 0 saturated heterocycles. The van der Waals surface area contributed by atoms with E-state index in [0.29, 0.717) is 32.8 Å². The molecule has 1 aliphatic heterocycles. The van der Waals surface area contributed by atoms with Crippen molar-refractivity contribution in [2.45, 2.75) is 62.1 Å². The van der Waals surface area contributed by atoms with Crippen molar-refractivity contribution in [3.05, 3.63) is 48.0 Å². The van der Waals surface area contributed by atoms with Crippen LogP contribution in [0.3, 0.4) is 0 Å². The number of benzene rings is 2. The van der Waals surface area contributed by atoms with Crippen molar-refractivity contribution >= 4 is 27.5 Å². The standard InChI is InChI=1S/C25H23F6N3O5S/c1-22(2,25(29,30)31)39-21(35)33-16-6-7-20-19(11-16)34(13-17(38-20)12-23(14-32)8-9-23)40(36,37)18-5-3-4-15(10-18)24(26,27)28/h3-7,10-11,17H,8-9,12-13H2,1-2H3,(H,33,35)/t17-/m1/s1. The van der Waals surface area contributed by atoms with E-state index in [1.165, 1.54) is 12.1 Å². The Morgan fingerprint density at radius 3 is 2.40 bits per heavy atom. The summed E-state index contributed by atoms with van der Waals surface area (Å²) in [6, 6.07) is 8.89. The highest BCUT2D eigenvalue weighted by atomic mass is 32.2. The summed E-state index contributed by atoms with van der Waals surface area (Å²) in [5, 5.41) is 11.6. The van der Waals surface area contributed by atoms with Crippen LogP contribution in [0.4, 0.5) is 42.5 Å². The first-order valence-corrected chi connectivity index (χ1v) is 13.3. The SMILES string of the molecule is CC(C)(OC(=O)Nc1ccc2c(c1)N(S(=O)(=O)c1cccc(C(F)(F)F)c1)C[C@@H](CC1(C#N)CC1)O2)C(F)(F)F. The van der Waals surface area contributed by atoms with E-state index < -0.39 is 56.0 Å². The van der Waals surface area contributed by atoms with Gasteiger partial charge in [-0.25, -0.2) is 13.2 Å². The van der Waals surface area contributed by atoms with Crippen LogP contribution in [0.25, 0.3) is 0 Å². The number of fused-ring (bicyclic) bond motifs is 1. The Morgan fingerprint density at radius 2 is 1.82 bits per heavy atom. The molecule has 1 fully saturated rings. The molecule has 1 heterocycles. The Balaban J connectivity index is 1.70. The Labute approximate surface area is 225 Å². The molecule has 0 radical (unpaired) electrons. The predicted molar refractivity (Wildman–Crippen MR) is 129 cm³/mol. The average molecular weight is 592 g/mol. The van der Waals surface area contributed by atoms with Gasteiger partial charge in [-0.2, -0.15) is 31.6 Å². The molecule has 1 atom stereocenters. The minimum absolute atomic E-state index is 0.0184. The van der Waals surface area contributed by atoms with Crippen LogP contribution in [-0.4, -0.2) is 38.9 Å². The molecule has 1 aliphatic carbocycles. The second-order valence-electron chi connectivity index (χ2n) is 10.1. The van der Waals surface area contributed by atoms with Gasteiger partial charge >= 0.3 is 18.4 Å². The third-order valence-corrected chi connectivity index (χ3v) is 8.40. The summed E-state index contributed by atoms with van der Waals surface area (Å²) >= 11 is 0. The predicted octanol–water partition coefficient (Wildman–Crippen LogP) is 6.24. The van der Waals surface area contributed by atoms with Gasteiger partial charge in [-0.3, -0.25) is 9.62 Å². The topological polar surface area (TPSA) is 109 Å². The fourth-order valence-electron chi connectivity index (χ4n) is 4.06. The molecule has 4 rings (SSSR count). The van der Waals surface area contributed by atoms with Gasteiger partial charge in [0.2, 0.25) is 5.60 Å². The number of anilines is 2. The maximum Gasteiger partial charge on any atom is 0.427 e. The first kappa shape index (κ1) is 29.3. The molecule has 2 aliphatic rings. The maximum atomic E-state index is 13.7. The lowest BCUT2D eigenvalue weighted by Gasteiger charge is -2.36. The second kappa shape index (κ2) is 9.76. The number of amides is 1. The summed E-state index contributed by atoms with van der Waals surface area (Å²) in [4.78, 5) is 11.5. The molecular weight excluding hydrogens is 568 g/mol. The van der Waals surface area contributed by atoms with Crippen LogP contribution in [-0.2, 0) is 20.9 Å². The monoisotopic (exact) mass is 591 g/mol. The van der Waals surface area contributed by atoms with Crippen molar-refractivity contribution < 1.29 is 49.0 Å². The highest BCUT2D eigenvalue weighted by molar-refractivity contribution is 7.92. The van der Waals surface area contributed by atoms with Crippen molar-refractivity contribution in [3.8, 4) is 11.8 Å². The number of nitriles is 1. The van der Waals surface area contributed by atoms with Gasteiger partial charge in [-0.05, 0) is 63.1 Å². The van der Waals surface area contributed by atoms with Gasteiger partial charge in [0, 0.05) is 12.1 Å². The third-order valence-electron chi connectivity index (χ3n) is 6.63. The van der Waals surface area contributed by atoms with Gasteiger partial charge in [0.05, 0.1) is 34.2 Å². The lowest BCUT2D eigenvalue weighted by molar-refractivity contribution is -0.242. The molecule has 8 nitrogen and oxygen atoms in total. The van der Waals surface area contributed by atoms with E-state index in [9.17, 15) is 44.8 Å². The van der Waals surface area contributed by atoms with Crippen molar-refractivity contribution in [3.63, 3.8) is 0 Å². The van der Waals surface area contributed by atoms with Crippen LogP contribution in [0.1, 0.15) is 38.7 Å². The van der Waals surface area contributed by atoms with Crippen LogP contribution >= 0.6 is 0 Å². The Kier molecular flexibility index (Phi) is 7.15. The van der Waals surface area contributed by atoms with E-state index >= 15 is 0 Å². The fourth-order valence-corrected chi connectivity index (χ4v) is 5.61. The van der Waals surface area contributed by atoms with Gasteiger partial charge < -0.3 is 9.47 Å². The van der Waals surface area contributed by atoms with E-state index in [2.05, 4.69) is 16.1 Å². The van der Waals surface area contributed by atoms with Crippen molar-refractivity contribution in [1.29, 1.82) is 5.26 Å². The van der Waals surface area contributed by atoms with Gasteiger partial charge in [0.15, 0.2) is 0 Å². The Hall–Kier alpha value is -3.67. The van der Waals surface area contributed by atoms with E-state index in [1.54, 1.807) is 0 Å². The molecule has 1 saturated carbocycles. The van der Waals surface area contributed by atoms with Crippen LogP contribution in [0.15, 0.2) is 47.4 Å². The van der Waals surface area contributed by atoms with Gasteiger partial charge in [-0.15, -0.1) is 0 Å². The number of hydrogen-bond acceptors (Lipinski definition) is 6. The molecule has 15 heteroatoms. The van der Waals surface area contributed by atoms with Crippen molar-refractivity contribution in [1.82, 2.24) is 0 Å². The molecule has 1 amide bonds. The number of nitrogens with one attached hydrogen (secondary N) is 1. The van der Waals surface area contributed by atoms with Crippen molar-refractivity contribution in [2.24, 2.45) is 5.41 Å². The van der Waals surface area contributed by atoms with Crippen molar-refractivity contribution in [2.75, 3.05) is 16.2 Å². The zero-order chi connectivity index (χ0) is 29.7. The Morgan fingerprint density at radius 1 is 1.15 bits per heavy atom. The smallest absolute Gasteiger partial charge is 0.427 e. The lowest BCUT2D eigenvalue weighted by atomic mass is 9.99. The summed E-state index contributed by atoms with van der Waals surface area (Å²) in [7, 11) is -4.65. The number of carbonyl (C=O) groups is 1. The second-order valence-corrected chi connectivity index (χ2v) is 12.0. The van der Waals surface area contributed by atoms with E-state index in [0.717, 1.165) is 28.6 Å². The number of halogens is 6. The number of sulfonamides is 1. The van der Waals surface area contributed by atoms with Gasteiger partial charge in [0.25, 0.3) is 10.0 Å². The van der Waals surface area contributed by atoms with E-state index in [-0.39, 0.29) is 30.1 Å². The summed E-state index contributed by atoms with van der Waals surface area (Å²) in [5.74, 6) is -0.0184. The van der Waals surface area contributed by atoms with E-state index in [4.69, 9.17) is 4.74 Å². The zero-order valence-corrected chi connectivity index (χ0v) is 21.9. The molecular formula is C25H23F6N3O5S. The third kappa shape index (κ3) is 5.91. The molecule has 0 bridgehead atoms. The summed E-state index contributed by atoms with van der Waals surface area (Å²) in [5.41, 5.74) is -5.07. The highest BCUT2D eigenvalue weighted by Gasteiger charge is 2.51. The largest absolute Gasteiger partial charge is 0.486 e. The molecule has 0 spiro atoms. The van der Waals surface area contributed by atoms with Crippen LogP contribution < -0.4 is 14.4 Å². The number of alkyl halides is 6. The maximum absolute atomic E-state index is 13.7. The number of rotatable bonds is 6. The molecule has 2 aromatic carbocycles. The molecule has 0 unspecified atom stereocenters. The quantitative estimate of drug-likeness (QED) is 0.398. The van der Waals surface area contributed by atoms with E-state index in [1.807, 2.05) is 0 Å². The van der Waals surface area contributed by atoms with Gasteiger partial charge in [0.1, 0.15) is 11.9 Å². The number of ether oxygens (including phenoxy) is 2. The summed E-state index contributed by atoms with van der Waals surface area (Å²) < 4.78 is 118. The highest BCUT2D eigenvalue weighted by Crippen LogP contribution is 2.51. The molecule has 2 aromatic rings. The summed E-state index contributed by atoms with van der Waals surface area (Å²) in [6.45, 7) is 0.916. The number of hydrogen-bond donors (Lipinski definition) is 1. The van der Waals surface area contributed by atoms with Crippen LogP contribution in [0.5, 0.6) is 5.75 Å². The summed E-state index contributed by atoms with van der Waals surface area (Å²) in [6.07, 6.45) is -10.7. The normalized spacial score (nSPS) is 18.7. The van der Waals surface area contributed by atoms with Crippen LogP contribution in [0, 0.1) is 16.7 Å².